The largest absolute Gasteiger partial charge is 0.309 e. The zero-order valence-corrected chi connectivity index (χ0v) is 13.6. The van der Waals surface area contributed by atoms with E-state index in [1.807, 2.05) is 0 Å². The standard InChI is InChI=1S/C18H12ClF2N3O/c19-13-9-11(5-6-15(13)21)10-18(25)22-17-8-7-16(23-24-17)12-3-1-2-4-14(12)20/h1-9H,10H2,(H,22,24,25). The normalized spacial score (nSPS) is 10.5. The van der Waals surface area contributed by atoms with Gasteiger partial charge in [-0.1, -0.05) is 29.8 Å². The summed E-state index contributed by atoms with van der Waals surface area (Å²) in [6.07, 6.45) is 0.0107. The number of rotatable bonds is 4. The molecule has 0 saturated carbocycles. The first kappa shape index (κ1) is 17.0. The highest BCUT2D eigenvalue weighted by Gasteiger charge is 2.10. The van der Waals surface area contributed by atoms with Crippen molar-refractivity contribution in [3.05, 3.63) is 76.8 Å². The fourth-order valence-electron chi connectivity index (χ4n) is 2.23. The van der Waals surface area contributed by atoms with Gasteiger partial charge in [-0.3, -0.25) is 4.79 Å². The Kier molecular flexibility index (Phi) is 5.00. The van der Waals surface area contributed by atoms with Crippen molar-refractivity contribution >= 4 is 23.3 Å². The number of hydrogen-bond acceptors (Lipinski definition) is 3. The molecule has 0 aliphatic carbocycles. The van der Waals surface area contributed by atoms with Crippen LogP contribution in [0.5, 0.6) is 0 Å². The summed E-state index contributed by atoms with van der Waals surface area (Å²) in [5.41, 5.74) is 1.26. The molecule has 2 aromatic carbocycles. The second kappa shape index (κ2) is 7.36. The lowest BCUT2D eigenvalue weighted by atomic mass is 10.1. The van der Waals surface area contributed by atoms with Crippen LogP contribution in [0, 0.1) is 11.6 Å². The molecule has 25 heavy (non-hydrogen) atoms. The van der Waals surface area contributed by atoms with E-state index < -0.39 is 11.6 Å². The van der Waals surface area contributed by atoms with Gasteiger partial charge in [0.05, 0.1) is 17.1 Å². The third-order valence-electron chi connectivity index (χ3n) is 3.43. The van der Waals surface area contributed by atoms with Gasteiger partial charge in [0.25, 0.3) is 0 Å². The molecular weight excluding hydrogens is 348 g/mol. The first-order chi connectivity index (χ1) is 12.0. The first-order valence-corrected chi connectivity index (χ1v) is 7.73. The monoisotopic (exact) mass is 359 g/mol. The Hall–Kier alpha value is -2.86. The van der Waals surface area contributed by atoms with E-state index in [9.17, 15) is 13.6 Å². The number of nitrogens with one attached hydrogen (secondary N) is 1. The Labute approximate surface area is 147 Å². The molecule has 3 rings (SSSR count). The van der Waals surface area contributed by atoms with Gasteiger partial charge in [0, 0.05) is 5.56 Å². The van der Waals surface area contributed by atoms with Gasteiger partial charge in [0.1, 0.15) is 11.6 Å². The SMILES string of the molecule is O=C(Cc1ccc(F)c(Cl)c1)Nc1ccc(-c2ccccc2F)nn1. The Morgan fingerprint density at radius 2 is 1.80 bits per heavy atom. The zero-order chi connectivity index (χ0) is 17.8. The zero-order valence-electron chi connectivity index (χ0n) is 12.8. The summed E-state index contributed by atoms with van der Waals surface area (Å²) in [5, 5.41) is 10.3. The number of halogens is 3. The molecule has 7 heteroatoms. The summed E-state index contributed by atoms with van der Waals surface area (Å²) >= 11 is 5.69. The van der Waals surface area contributed by atoms with Crippen molar-refractivity contribution in [1.29, 1.82) is 0 Å². The van der Waals surface area contributed by atoms with E-state index in [1.54, 1.807) is 24.3 Å². The Balaban J connectivity index is 1.68. The molecule has 1 amide bonds. The van der Waals surface area contributed by atoms with Crippen LogP contribution in [0.1, 0.15) is 5.56 Å². The molecule has 0 spiro atoms. The fraction of sp³-hybridized carbons (Fsp3) is 0.0556. The van der Waals surface area contributed by atoms with Crippen molar-refractivity contribution in [2.24, 2.45) is 0 Å². The van der Waals surface area contributed by atoms with E-state index in [2.05, 4.69) is 15.5 Å². The minimum absolute atomic E-state index is 0.0107. The van der Waals surface area contributed by atoms with Gasteiger partial charge in [0.15, 0.2) is 5.82 Å². The van der Waals surface area contributed by atoms with E-state index in [1.165, 1.54) is 30.3 Å². The summed E-state index contributed by atoms with van der Waals surface area (Å²) in [6.45, 7) is 0. The summed E-state index contributed by atoms with van der Waals surface area (Å²) in [7, 11) is 0. The van der Waals surface area contributed by atoms with Crippen LogP contribution < -0.4 is 5.32 Å². The van der Waals surface area contributed by atoms with Crippen molar-refractivity contribution < 1.29 is 13.6 Å². The molecule has 0 fully saturated rings. The maximum atomic E-state index is 13.7. The third kappa shape index (κ3) is 4.16. The molecule has 3 aromatic rings. The van der Waals surface area contributed by atoms with Crippen LogP contribution in [0.2, 0.25) is 5.02 Å². The number of anilines is 1. The average molecular weight is 360 g/mol. The average Bonchev–Trinajstić information content (AvgIpc) is 2.59. The molecule has 1 N–H and O–H groups in total. The van der Waals surface area contributed by atoms with Crippen molar-refractivity contribution in [2.75, 3.05) is 5.32 Å². The predicted molar refractivity (Wildman–Crippen MR) is 91.2 cm³/mol. The third-order valence-corrected chi connectivity index (χ3v) is 3.72. The molecule has 0 atom stereocenters. The maximum Gasteiger partial charge on any atom is 0.229 e. The number of carbonyl (C=O) groups excluding carboxylic acids is 1. The predicted octanol–water partition coefficient (Wildman–Crippen LogP) is 4.26. The highest BCUT2D eigenvalue weighted by atomic mass is 35.5. The number of hydrogen-bond donors (Lipinski definition) is 1. The van der Waals surface area contributed by atoms with Gasteiger partial charge >= 0.3 is 0 Å². The summed E-state index contributed by atoms with van der Waals surface area (Å²) in [4.78, 5) is 12.0. The van der Waals surface area contributed by atoms with Crippen LogP contribution in [-0.2, 0) is 11.2 Å². The minimum Gasteiger partial charge on any atom is -0.309 e. The van der Waals surface area contributed by atoms with Crippen LogP contribution in [0.4, 0.5) is 14.6 Å². The number of amides is 1. The highest BCUT2D eigenvalue weighted by Crippen LogP contribution is 2.20. The quantitative estimate of drug-likeness (QED) is 0.757. The number of aromatic nitrogens is 2. The maximum absolute atomic E-state index is 13.7. The number of carbonyl (C=O) groups is 1. The van der Waals surface area contributed by atoms with Crippen molar-refractivity contribution in [1.82, 2.24) is 10.2 Å². The molecule has 1 aromatic heterocycles. The lowest BCUT2D eigenvalue weighted by molar-refractivity contribution is -0.115. The molecule has 126 valence electrons. The molecule has 0 aliphatic heterocycles. The van der Waals surface area contributed by atoms with Gasteiger partial charge < -0.3 is 5.32 Å². The van der Waals surface area contributed by atoms with Crippen molar-refractivity contribution in [3.63, 3.8) is 0 Å². The Morgan fingerprint density at radius 3 is 2.48 bits per heavy atom. The van der Waals surface area contributed by atoms with E-state index in [0.29, 0.717) is 16.8 Å². The van der Waals surface area contributed by atoms with Crippen LogP contribution in [-0.4, -0.2) is 16.1 Å². The molecule has 0 aliphatic rings. The lowest BCUT2D eigenvalue weighted by Gasteiger charge is -2.06. The molecule has 0 bridgehead atoms. The fourth-order valence-corrected chi connectivity index (χ4v) is 2.44. The minimum atomic E-state index is -0.541. The van der Waals surface area contributed by atoms with Gasteiger partial charge in [0.2, 0.25) is 5.91 Å². The van der Waals surface area contributed by atoms with Gasteiger partial charge in [-0.15, -0.1) is 10.2 Å². The number of nitrogens with zero attached hydrogens (tertiary/aromatic N) is 2. The second-order valence-electron chi connectivity index (χ2n) is 5.26. The summed E-state index contributed by atoms with van der Waals surface area (Å²) < 4.78 is 26.8. The second-order valence-corrected chi connectivity index (χ2v) is 5.66. The van der Waals surface area contributed by atoms with Crippen LogP contribution in [0.25, 0.3) is 11.3 Å². The number of benzene rings is 2. The Morgan fingerprint density at radius 1 is 1.00 bits per heavy atom. The lowest BCUT2D eigenvalue weighted by Crippen LogP contribution is -2.15. The first-order valence-electron chi connectivity index (χ1n) is 7.35. The van der Waals surface area contributed by atoms with Crippen LogP contribution >= 0.6 is 11.6 Å². The smallest absolute Gasteiger partial charge is 0.229 e. The van der Waals surface area contributed by atoms with Crippen LogP contribution in [0.3, 0.4) is 0 Å². The van der Waals surface area contributed by atoms with E-state index in [0.717, 1.165) is 0 Å². The van der Waals surface area contributed by atoms with Crippen molar-refractivity contribution in [2.45, 2.75) is 6.42 Å². The topological polar surface area (TPSA) is 54.9 Å². The molecule has 1 heterocycles. The molecule has 0 saturated heterocycles. The summed E-state index contributed by atoms with van der Waals surface area (Å²) in [5.74, 6) is -1.06. The van der Waals surface area contributed by atoms with Crippen LogP contribution in [0.15, 0.2) is 54.6 Å². The highest BCUT2D eigenvalue weighted by molar-refractivity contribution is 6.30. The molecule has 0 radical (unpaired) electrons. The van der Waals surface area contributed by atoms with Crippen molar-refractivity contribution in [3.8, 4) is 11.3 Å². The van der Waals surface area contributed by atoms with Gasteiger partial charge in [-0.25, -0.2) is 8.78 Å². The molecule has 4 nitrogen and oxygen atoms in total. The van der Waals surface area contributed by atoms with E-state index in [4.69, 9.17) is 11.6 Å². The summed E-state index contributed by atoms with van der Waals surface area (Å²) in [6, 6.07) is 13.4. The molecular formula is C18H12ClF2N3O. The van der Waals surface area contributed by atoms with E-state index >= 15 is 0 Å². The van der Waals surface area contributed by atoms with E-state index in [-0.39, 0.29) is 23.2 Å². The molecule has 0 unspecified atom stereocenters. The van der Waals surface area contributed by atoms with Gasteiger partial charge in [-0.05, 0) is 42.0 Å². The van der Waals surface area contributed by atoms with Gasteiger partial charge in [-0.2, -0.15) is 0 Å². The Bertz CT molecular complexity index is 916.